The lowest BCUT2D eigenvalue weighted by atomic mass is 10.1. The molecule has 0 aliphatic heterocycles. The number of carbonyl (C=O) groups excluding carboxylic acids is 1. The highest BCUT2D eigenvalue weighted by Gasteiger charge is 2.35. The zero-order valence-corrected chi connectivity index (χ0v) is 10.2. The van der Waals surface area contributed by atoms with Crippen molar-refractivity contribution in [1.82, 2.24) is 4.98 Å². The molecule has 21 heavy (non-hydrogen) atoms. The molecule has 0 radical (unpaired) electrons. The normalized spacial score (nSPS) is 11.3. The predicted molar refractivity (Wildman–Crippen MR) is 63.6 cm³/mol. The Bertz CT molecular complexity index is 667. The molecule has 2 aromatic rings. The second-order valence-corrected chi connectivity index (χ2v) is 3.98. The Balaban J connectivity index is 2.30. The van der Waals surface area contributed by atoms with Crippen molar-refractivity contribution in [3.8, 4) is 0 Å². The van der Waals surface area contributed by atoms with Crippen LogP contribution < -0.4 is 5.32 Å². The van der Waals surface area contributed by atoms with Gasteiger partial charge in [-0.2, -0.15) is 13.2 Å². The molecule has 0 saturated carbocycles. The summed E-state index contributed by atoms with van der Waals surface area (Å²) in [7, 11) is 0. The van der Waals surface area contributed by atoms with Crippen LogP contribution in [-0.4, -0.2) is 10.9 Å². The number of anilines is 1. The predicted octanol–water partition coefficient (Wildman–Crippen LogP) is 3.63. The van der Waals surface area contributed by atoms with E-state index in [9.17, 15) is 26.7 Å². The lowest BCUT2D eigenvalue weighted by molar-refractivity contribution is -0.140. The summed E-state index contributed by atoms with van der Waals surface area (Å²) in [6, 6.07) is 4.44. The van der Waals surface area contributed by atoms with Gasteiger partial charge in [-0.3, -0.25) is 4.79 Å². The molecule has 1 aromatic carbocycles. The molecule has 110 valence electrons. The summed E-state index contributed by atoms with van der Waals surface area (Å²) >= 11 is 0. The van der Waals surface area contributed by atoms with E-state index in [1.165, 1.54) is 0 Å². The number of halogens is 5. The SMILES string of the molecule is O=C(Nc1ccc(F)cn1)c1cccc(C(F)(F)F)c1F. The molecule has 0 fully saturated rings. The number of aromatic nitrogens is 1. The molecule has 3 nitrogen and oxygen atoms in total. The largest absolute Gasteiger partial charge is 0.419 e. The van der Waals surface area contributed by atoms with Gasteiger partial charge in [0.2, 0.25) is 0 Å². The fraction of sp³-hybridized carbons (Fsp3) is 0.0769. The lowest BCUT2D eigenvalue weighted by Gasteiger charge is -2.11. The first-order valence-corrected chi connectivity index (χ1v) is 5.57. The Morgan fingerprint density at radius 2 is 1.81 bits per heavy atom. The molecule has 0 spiro atoms. The van der Waals surface area contributed by atoms with Gasteiger partial charge in [-0.25, -0.2) is 13.8 Å². The van der Waals surface area contributed by atoms with Crippen molar-refractivity contribution < 1.29 is 26.7 Å². The van der Waals surface area contributed by atoms with Gasteiger partial charge in [-0.15, -0.1) is 0 Å². The molecule has 1 heterocycles. The highest BCUT2D eigenvalue weighted by molar-refractivity contribution is 6.04. The molecule has 0 atom stereocenters. The third-order valence-electron chi connectivity index (χ3n) is 2.52. The third kappa shape index (κ3) is 3.33. The zero-order chi connectivity index (χ0) is 15.6. The van der Waals surface area contributed by atoms with Crippen molar-refractivity contribution >= 4 is 11.7 Å². The van der Waals surface area contributed by atoms with E-state index in [1.807, 2.05) is 0 Å². The smallest absolute Gasteiger partial charge is 0.306 e. The summed E-state index contributed by atoms with van der Waals surface area (Å²) in [5, 5.41) is 2.08. The van der Waals surface area contributed by atoms with Gasteiger partial charge >= 0.3 is 6.18 Å². The minimum absolute atomic E-state index is 0.113. The average molecular weight is 302 g/mol. The summed E-state index contributed by atoms with van der Waals surface area (Å²) in [5.74, 6) is -3.56. The highest BCUT2D eigenvalue weighted by Crippen LogP contribution is 2.32. The molecule has 1 amide bonds. The first-order chi connectivity index (χ1) is 9.79. The Morgan fingerprint density at radius 1 is 1.10 bits per heavy atom. The van der Waals surface area contributed by atoms with Gasteiger partial charge in [0.05, 0.1) is 17.3 Å². The fourth-order valence-corrected chi connectivity index (χ4v) is 1.56. The van der Waals surface area contributed by atoms with Crippen molar-refractivity contribution in [2.75, 3.05) is 5.32 Å². The molecule has 0 aliphatic carbocycles. The van der Waals surface area contributed by atoms with E-state index in [2.05, 4.69) is 10.3 Å². The fourth-order valence-electron chi connectivity index (χ4n) is 1.56. The van der Waals surface area contributed by atoms with E-state index in [0.717, 1.165) is 30.5 Å². The first-order valence-electron chi connectivity index (χ1n) is 5.57. The number of nitrogens with one attached hydrogen (secondary N) is 1. The monoisotopic (exact) mass is 302 g/mol. The summed E-state index contributed by atoms with van der Waals surface area (Å²) in [6.45, 7) is 0. The van der Waals surface area contributed by atoms with Gasteiger partial charge in [0, 0.05) is 0 Å². The zero-order valence-electron chi connectivity index (χ0n) is 10.2. The van der Waals surface area contributed by atoms with Crippen LogP contribution in [0.25, 0.3) is 0 Å². The number of hydrogen-bond donors (Lipinski definition) is 1. The number of nitrogens with zero attached hydrogens (tertiary/aromatic N) is 1. The maximum absolute atomic E-state index is 13.7. The number of amides is 1. The average Bonchev–Trinajstić information content (AvgIpc) is 2.40. The maximum Gasteiger partial charge on any atom is 0.419 e. The molecule has 0 aliphatic rings. The molecule has 1 N–H and O–H groups in total. The summed E-state index contributed by atoms with van der Waals surface area (Å²) < 4.78 is 64.0. The lowest BCUT2D eigenvalue weighted by Crippen LogP contribution is -2.18. The van der Waals surface area contributed by atoms with Crippen LogP contribution >= 0.6 is 0 Å². The van der Waals surface area contributed by atoms with Crippen molar-refractivity contribution in [3.63, 3.8) is 0 Å². The topological polar surface area (TPSA) is 42.0 Å². The van der Waals surface area contributed by atoms with Crippen LogP contribution in [0.2, 0.25) is 0 Å². The van der Waals surface area contributed by atoms with Crippen LogP contribution in [0.4, 0.5) is 27.8 Å². The van der Waals surface area contributed by atoms with Crippen LogP contribution in [0.1, 0.15) is 15.9 Å². The first kappa shape index (κ1) is 14.9. The number of hydrogen-bond acceptors (Lipinski definition) is 2. The second kappa shape index (κ2) is 5.47. The number of carbonyl (C=O) groups is 1. The standard InChI is InChI=1S/C13H7F5N2O/c14-7-4-5-10(19-6-7)20-12(21)8-2-1-3-9(11(8)15)13(16,17)18/h1-6H,(H,19,20,21). The van der Waals surface area contributed by atoms with Gasteiger partial charge < -0.3 is 5.32 Å². The van der Waals surface area contributed by atoms with Crippen LogP contribution in [0.5, 0.6) is 0 Å². The van der Waals surface area contributed by atoms with E-state index in [1.54, 1.807) is 0 Å². The number of alkyl halides is 3. The molecule has 0 unspecified atom stereocenters. The van der Waals surface area contributed by atoms with Crippen molar-refractivity contribution in [1.29, 1.82) is 0 Å². The van der Waals surface area contributed by atoms with Crippen molar-refractivity contribution in [2.45, 2.75) is 6.18 Å². The van der Waals surface area contributed by atoms with Crippen LogP contribution in [-0.2, 0) is 6.18 Å². The number of pyridine rings is 1. The van der Waals surface area contributed by atoms with Gasteiger partial charge in [0.15, 0.2) is 0 Å². The van der Waals surface area contributed by atoms with Gasteiger partial charge in [-0.05, 0) is 24.3 Å². The Labute approximate surface area is 115 Å². The summed E-state index contributed by atoms with van der Waals surface area (Å²) in [5.41, 5.74) is -2.32. The van der Waals surface area contributed by atoms with Gasteiger partial charge in [0.25, 0.3) is 5.91 Å². The van der Waals surface area contributed by atoms with E-state index in [-0.39, 0.29) is 5.82 Å². The van der Waals surface area contributed by atoms with Gasteiger partial charge in [0.1, 0.15) is 17.5 Å². The molecule has 1 aromatic heterocycles. The molecule has 2 rings (SSSR count). The van der Waals surface area contributed by atoms with Crippen molar-refractivity contribution in [2.24, 2.45) is 0 Å². The van der Waals surface area contributed by atoms with Crippen molar-refractivity contribution in [3.05, 3.63) is 59.3 Å². The van der Waals surface area contributed by atoms with E-state index < -0.39 is 34.8 Å². The van der Waals surface area contributed by atoms with Gasteiger partial charge in [-0.1, -0.05) is 6.07 Å². The number of rotatable bonds is 2. The Morgan fingerprint density at radius 3 is 2.38 bits per heavy atom. The van der Waals surface area contributed by atoms with Crippen LogP contribution in [0, 0.1) is 11.6 Å². The van der Waals surface area contributed by atoms with E-state index >= 15 is 0 Å². The van der Waals surface area contributed by atoms with E-state index in [0.29, 0.717) is 6.07 Å². The minimum Gasteiger partial charge on any atom is -0.306 e. The molecular formula is C13H7F5N2O. The molecule has 8 heteroatoms. The number of benzene rings is 1. The Kier molecular flexibility index (Phi) is 3.88. The van der Waals surface area contributed by atoms with E-state index in [4.69, 9.17) is 0 Å². The Hall–Kier alpha value is -2.51. The third-order valence-corrected chi connectivity index (χ3v) is 2.52. The second-order valence-electron chi connectivity index (χ2n) is 3.98. The highest BCUT2D eigenvalue weighted by atomic mass is 19.4. The molecule has 0 bridgehead atoms. The quantitative estimate of drug-likeness (QED) is 0.861. The van der Waals surface area contributed by atoms with Crippen LogP contribution in [0.3, 0.4) is 0 Å². The summed E-state index contributed by atoms with van der Waals surface area (Å²) in [6.07, 6.45) is -4.10. The molecular weight excluding hydrogens is 295 g/mol. The maximum atomic E-state index is 13.7. The summed E-state index contributed by atoms with van der Waals surface area (Å²) in [4.78, 5) is 15.2. The van der Waals surface area contributed by atoms with Crippen LogP contribution in [0.15, 0.2) is 36.5 Å². The molecule has 0 saturated heterocycles. The minimum atomic E-state index is -4.91.